The lowest BCUT2D eigenvalue weighted by molar-refractivity contribution is -0.142. The molecule has 0 atom stereocenters. The van der Waals surface area contributed by atoms with Gasteiger partial charge in [0.15, 0.2) is 0 Å². The lowest BCUT2D eigenvalue weighted by atomic mass is 10.0. The Hall–Kier alpha value is -1.20. The monoisotopic (exact) mass is 381 g/mol. The van der Waals surface area contributed by atoms with Gasteiger partial charge in [0, 0.05) is 10.2 Å². The molecular weight excluding hydrogens is 371 g/mol. The third kappa shape index (κ3) is 5.59. The number of esters is 1. The van der Waals surface area contributed by atoms with Crippen molar-refractivity contribution in [3.63, 3.8) is 0 Å². The molecule has 0 spiro atoms. The fourth-order valence-electron chi connectivity index (χ4n) is 1.65. The molecule has 0 saturated heterocycles. The van der Waals surface area contributed by atoms with Crippen molar-refractivity contribution >= 4 is 33.7 Å². The average Bonchev–Trinajstić information content (AvgIpc) is 2.36. The normalized spacial score (nSPS) is 11.0. The summed E-state index contributed by atoms with van der Waals surface area (Å²) in [7, 11) is 0. The van der Waals surface area contributed by atoms with E-state index in [1.54, 1.807) is 13.0 Å². The van der Waals surface area contributed by atoms with E-state index in [1.807, 2.05) is 0 Å². The molecule has 0 bridgehead atoms. The van der Waals surface area contributed by atoms with Crippen LogP contribution in [0.1, 0.15) is 23.6 Å². The highest BCUT2D eigenvalue weighted by Gasteiger charge is 2.31. The molecule has 0 aliphatic carbocycles. The first-order valence-electron chi connectivity index (χ1n) is 5.84. The summed E-state index contributed by atoms with van der Waals surface area (Å²) in [5.74, 6) is -0.523. The number of ether oxygens (including phenoxy) is 1. The first-order valence-corrected chi connectivity index (χ1v) is 7.77. The number of thioether (sulfide) groups is 1. The fourth-order valence-corrected chi connectivity index (χ4v) is 2.84. The Morgan fingerprint density at radius 1 is 1.48 bits per heavy atom. The van der Waals surface area contributed by atoms with E-state index in [1.165, 1.54) is 12.1 Å². The molecule has 3 nitrogen and oxygen atoms in total. The molecule has 1 aromatic carbocycles. The molecule has 0 aliphatic heterocycles. The van der Waals surface area contributed by atoms with Crippen molar-refractivity contribution < 1.29 is 22.7 Å². The number of rotatable bonds is 5. The Morgan fingerprint density at radius 3 is 2.62 bits per heavy atom. The Labute approximate surface area is 132 Å². The minimum Gasteiger partial charge on any atom is -0.466 e. The van der Waals surface area contributed by atoms with Gasteiger partial charge in [0.1, 0.15) is 6.07 Å². The van der Waals surface area contributed by atoms with E-state index >= 15 is 0 Å². The second kappa shape index (κ2) is 7.71. The van der Waals surface area contributed by atoms with Crippen LogP contribution in [0.25, 0.3) is 0 Å². The highest BCUT2D eigenvalue weighted by atomic mass is 79.9. The van der Waals surface area contributed by atoms with E-state index in [0.717, 1.165) is 0 Å². The molecule has 1 rings (SSSR count). The maximum atomic E-state index is 12.6. The first kappa shape index (κ1) is 17.9. The number of alkyl halides is 4. The van der Waals surface area contributed by atoms with E-state index in [2.05, 4.69) is 15.9 Å². The third-order valence-corrected chi connectivity index (χ3v) is 3.76. The van der Waals surface area contributed by atoms with Crippen molar-refractivity contribution in [2.24, 2.45) is 0 Å². The lowest BCUT2D eigenvalue weighted by Gasteiger charge is -2.12. The van der Waals surface area contributed by atoms with E-state index in [4.69, 9.17) is 10.00 Å². The smallest absolute Gasteiger partial charge is 0.446 e. The van der Waals surface area contributed by atoms with Gasteiger partial charge in [-0.25, -0.2) is 0 Å². The van der Waals surface area contributed by atoms with E-state index < -0.39 is 11.5 Å². The van der Waals surface area contributed by atoms with Crippen molar-refractivity contribution in [3.8, 4) is 6.07 Å². The van der Waals surface area contributed by atoms with Crippen molar-refractivity contribution in [3.05, 3.63) is 28.8 Å². The summed E-state index contributed by atoms with van der Waals surface area (Å²) in [6.45, 7) is 1.84. The molecule has 114 valence electrons. The van der Waals surface area contributed by atoms with Crippen molar-refractivity contribution in [2.45, 2.75) is 29.1 Å². The molecular formula is C13H11BrF3NO2S. The number of carbonyl (C=O) groups is 1. The van der Waals surface area contributed by atoms with Crippen LogP contribution in [0.2, 0.25) is 0 Å². The summed E-state index contributed by atoms with van der Waals surface area (Å²) in [6, 6.07) is 4.52. The molecule has 0 aliphatic rings. The van der Waals surface area contributed by atoms with Crippen LogP contribution in [0, 0.1) is 11.3 Å². The Morgan fingerprint density at radius 2 is 2.14 bits per heavy atom. The van der Waals surface area contributed by atoms with Gasteiger partial charge in [-0.05, 0) is 35.9 Å². The SMILES string of the molecule is CCOC(=O)Cc1cc(CBr)c(C#N)c(SC(F)(F)F)c1. The van der Waals surface area contributed by atoms with E-state index in [0.29, 0.717) is 11.1 Å². The van der Waals surface area contributed by atoms with Crippen LogP contribution >= 0.6 is 27.7 Å². The van der Waals surface area contributed by atoms with Crippen molar-refractivity contribution in [1.82, 2.24) is 0 Å². The quantitative estimate of drug-likeness (QED) is 0.436. The Kier molecular flexibility index (Phi) is 6.55. The van der Waals surface area contributed by atoms with Crippen LogP contribution in [0.3, 0.4) is 0 Å². The van der Waals surface area contributed by atoms with Gasteiger partial charge in [0.2, 0.25) is 0 Å². The van der Waals surface area contributed by atoms with Crippen molar-refractivity contribution in [1.29, 1.82) is 5.26 Å². The molecule has 21 heavy (non-hydrogen) atoms. The molecule has 8 heteroatoms. The lowest BCUT2D eigenvalue weighted by Crippen LogP contribution is -2.09. The minimum atomic E-state index is -4.50. The molecule has 0 saturated carbocycles. The highest BCUT2D eigenvalue weighted by Crippen LogP contribution is 2.40. The summed E-state index contributed by atoms with van der Waals surface area (Å²) in [5, 5.41) is 9.26. The summed E-state index contributed by atoms with van der Waals surface area (Å²) < 4.78 is 42.4. The molecule has 0 fully saturated rings. The first-order chi connectivity index (χ1) is 9.80. The van der Waals surface area contributed by atoms with E-state index in [9.17, 15) is 18.0 Å². The number of benzene rings is 1. The summed E-state index contributed by atoms with van der Waals surface area (Å²) >= 11 is 2.78. The maximum Gasteiger partial charge on any atom is 0.446 e. The molecule has 1 aromatic rings. The molecule has 0 N–H and O–H groups in total. The molecule has 0 radical (unpaired) electrons. The zero-order valence-electron chi connectivity index (χ0n) is 11.0. The predicted molar refractivity (Wildman–Crippen MR) is 76.0 cm³/mol. The van der Waals surface area contributed by atoms with Gasteiger partial charge < -0.3 is 4.74 Å². The summed E-state index contributed by atoms with van der Waals surface area (Å²) in [4.78, 5) is 11.2. The number of carbonyl (C=O) groups excluding carboxylic acids is 1. The predicted octanol–water partition coefficient (Wildman–Crippen LogP) is 4.17. The van der Waals surface area contributed by atoms with Gasteiger partial charge in [-0.3, -0.25) is 4.79 Å². The number of hydrogen-bond acceptors (Lipinski definition) is 4. The molecule has 0 unspecified atom stereocenters. The highest BCUT2D eigenvalue weighted by molar-refractivity contribution is 9.08. The Balaban J connectivity index is 3.21. The van der Waals surface area contributed by atoms with Gasteiger partial charge >= 0.3 is 11.5 Å². The zero-order valence-corrected chi connectivity index (χ0v) is 13.4. The maximum absolute atomic E-state index is 12.6. The zero-order chi connectivity index (χ0) is 16.0. The standard InChI is InChI=1S/C13H11BrF3NO2S/c1-2-20-12(19)5-8-3-9(6-14)10(7-18)11(4-8)21-13(15,16)17/h3-4H,2,5-6H2,1H3. The molecule has 0 amide bonds. The third-order valence-electron chi connectivity index (χ3n) is 2.38. The van der Waals surface area contributed by atoms with Gasteiger partial charge in [-0.15, -0.1) is 0 Å². The van der Waals surface area contributed by atoms with E-state index in [-0.39, 0.29) is 40.6 Å². The Bertz CT molecular complexity index is 570. The summed E-state index contributed by atoms with van der Waals surface area (Å²) in [6.07, 6.45) is -0.134. The molecule has 0 aromatic heterocycles. The summed E-state index contributed by atoms with van der Waals surface area (Å²) in [5.41, 5.74) is -3.75. The van der Waals surface area contributed by atoms with Gasteiger partial charge in [0.25, 0.3) is 0 Å². The van der Waals surface area contributed by atoms with Crippen LogP contribution in [0.4, 0.5) is 13.2 Å². The van der Waals surface area contributed by atoms with Crippen LogP contribution in [-0.4, -0.2) is 18.1 Å². The van der Waals surface area contributed by atoms with Crippen LogP contribution in [-0.2, 0) is 21.3 Å². The number of nitriles is 1. The fraction of sp³-hybridized carbons (Fsp3) is 0.385. The number of halogens is 4. The minimum absolute atomic E-state index is 0.0400. The van der Waals surface area contributed by atoms with Gasteiger partial charge in [-0.2, -0.15) is 18.4 Å². The largest absolute Gasteiger partial charge is 0.466 e. The number of nitrogens with zero attached hydrogens (tertiary/aromatic N) is 1. The van der Waals surface area contributed by atoms with Crippen molar-refractivity contribution in [2.75, 3.05) is 6.61 Å². The average molecular weight is 382 g/mol. The number of hydrogen-bond donors (Lipinski definition) is 0. The van der Waals surface area contributed by atoms with Crippen LogP contribution < -0.4 is 0 Å². The second-order valence-electron chi connectivity index (χ2n) is 3.90. The topological polar surface area (TPSA) is 50.1 Å². The second-order valence-corrected chi connectivity index (χ2v) is 5.57. The molecule has 0 heterocycles. The van der Waals surface area contributed by atoms with Crippen LogP contribution in [0.5, 0.6) is 0 Å². The van der Waals surface area contributed by atoms with Crippen LogP contribution in [0.15, 0.2) is 17.0 Å². The van der Waals surface area contributed by atoms with Gasteiger partial charge in [-0.1, -0.05) is 22.0 Å². The van der Waals surface area contributed by atoms with Gasteiger partial charge in [0.05, 0.1) is 18.6 Å².